The highest BCUT2D eigenvalue weighted by Gasteiger charge is 2.16. The van der Waals surface area contributed by atoms with Crippen molar-refractivity contribution in [2.75, 3.05) is 0 Å². The molecule has 0 heterocycles. The van der Waals surface area contributed by atoms with Gasteiger partial charge in [-0.05, 0) is 24.6 Å². The number of ketones is 1. The van der Waals surface area contributed by atoms with Crippen LogP contribution in [0.2, 0.25) is 0 Å². The molecule has 0 spiro atoms. The zero-order chi connectivity index (χ0) is 10.7. The average molecular weight is 276 g/mol. The monoisotopic (exact) mass is 274 g/mol. The molecule has 0 saturated heterocycles. The van der Waals surface area contributed by atoms with Gasteiger partial charge in [-0.3, -0.25) is 9.59 Å². The van der Waals surface area contributed by atoms with Gasteiger partial charge in [-0.1, -0.05) is 22.0 Å². The predicted octanol–water partition coefficient (Wildman–Crippen LogP) is 3.13. The molecule has 0 bridgehead atoms. The van der Waals surface area contributed by atoms with Gasteiger partial charge < -0.3 is 0 Å². The van der Waals surface area contributed by atoms with Gasteiger partial charge in [0.1, 0.15) is 11.7 Å². The number of benzene rings is 1. The first-order valence-electron chi connectivity index (χ1n) is 3.95. The summed E-state index contributed by atoms with van der Waals surface area (Å²) in [7, 11) is 0. The second-order valence-electron chi connectivity index (χ2n) is 2.86. The zero-order valence-corrected chi connectivity index (χ0v) is 9.80. The van der Waals surface area contributed by atoms with Crippen molar-refractivity contribution in [1.29, 1.82) is 0 Å². The molecule has 4 heteroatoms. The molecule has 0 radical (unpaired) electrons. The van der Waals surface area contributed by atoms with Gasteiger partial charge in [0.25, 0.3) is 0 Å². The van der Waals surface area contributed by atoms with Crippen LogP contribution in [0.1, 0.15) is 28.2 Å². The second-order valence-corrected chi connectivity index (χ2v) is 4.22. The van der Waals surface area contributed by atoms with Crippen molar-refractivity contribution in [3.63, 3.8) is 0 Å². The van der Waals surface area contributed by atoms with Crippen LogP contribution in [0, 0.1) is 0 Å². The number of hydrogen-bond acceptors (Lipinski definition) is 2. The molecule has 1 unspecified atom stereocenters. The zero-order valence-electron chi connectivity index (χ0n) is 7.46. The lowest BCUT2D eigenvalue weighted by Crippen LogP contribution is -2.04. The standard InChI is InChI=1S/C10H8BrClO2/c1-6(14)10(12)9-3-2-8(11)4-7(9)5-13/h2-5,10H,1H3. The fourth-order valence-corrected chi connectivity index (χ4v) is 1.67. The lowest BCUT2D eigenvalue weighted by Gasteiger charge is -2.08. The van der Waals surface area contributed by atoms with E-state index in [1.165, 1.54) is 6.92 Å². The van der Waals surface area contributed by atoms with Crippen LogP contribution in [0.25, 0.3) is 0 Å². The summed E-state index contributed by atoms with van der Waals surface area (Å²) >= 11 is 9.09. The molecule has 1 rings (SSSR count). The van der Waals surface area contributed by atoms with Crippen molar-refractivity contribution in [2.24, 2.45) is 0 Å². The van der Waals surface area contributed by atoms with Gasteiger partial charge in [-0.15, -0.1) is 11.6 Å². The Bertz CT molecular complexity index is 376. The highest BCUT2D eigenvalue weighted by Crippen LogP contribution is 2.26. The third-order valence-corrected chi connectivity index (χ3v) is 2.84. The van der Waals surface area contributed by atoms with Crippen LogP contribution >= 0.6 is 27.5 Å². The number of aldehydes is 1. The molecule has 0 aliphatic heterocycles. The van der Waals surface area contributed by atoms with E-state index in [0.29, 0.717) is 17.4 Å². The molecule has 1 atom stereocenters. The molecule has 74 valence electrons. The summed E-state index contributed by atoms with van der Waals surface area (Å²) < 4.78 is 0.788. The van der Waals surface area contributed by atoms with E-state index < -0.39 is 5.38 Å². The largest absolute Gasteiger partial charge is 0.298 e. The molecule has 0 amide bonds. The summed E-state index contributed by atoms with van der Waals surface area (Å²) in [6, 6.07) is 5.06. The maximum Gasteiger partial charge on any atom is 0.152 e. The van der Waals surface area contributed by atoms with Crippen molar-refractivity contribution in [2.45, 2.75) is 12.3 Å². The number of hydrogen-bond donors (Lipinski definition) is 0. The van der Waals surface area contributed by atoms with Crippen molar-refractivity contribution in [1.82, 2.24) is 0 Å². The predicted molar refractivity (Wildman–Crippen MR) is 58.8 cm³/mol. The Morgan fingerprint density at radius 3 is 2.71 bits per heavy atom. The van der Waals surface area contributed by atoms with E-state index in [9.17, 15) is 9.59 Å². The molecule has 0 N–H and O–H groups in total. The molecule has 0 saturated carbocycles. The van der Waals surface area contributed by atoms with Gasteiger partial charge in [0.2, 0.25) is 0 Å². The molecule has 0 aliphatic rings. The van der Waals surface area contributed by atoms with E-state index in [1.807, 2.05) is 0 Å². The minimum absolute atomic E-state index is 0.169. The van der Waals surface area contributed by atoms with Gasteiger partial charge in [0, 0.05) is 10.0 Å². The van der Waals surface area contributed by atoms with E-state index in [2.05, 4.69) is 15.9 Å². The van der Waals surface area contributed by atoms with E-state index in [4.69, 9.17) is 11.6 Å². The maximum absolute atomic E-state index is 11.0. The number of alkyl halides is 1. The molecule has 1 aromatic rings. The first kappa shape index (κ1) is 11.4. The Labute approximate surface area is 95.4 Å². The average Bonchev–Trinajstić information content (AvgIpc) is 2.16. The Morgan fingerprint density at radius 2 is 2.21 bits per heavy atom. The fourth-order valence-electron chi connectivity index (χ4n) is 1.10. The van der Waals surface area contributed by atoms with Crippen molar-refractivity contribution >= 4 is 39.6 Å². The molecule has 1 aromatic carbocycles. The van der Waals surface area contributed by atoms with Gasteiger partial charge in [-0.2, -0.15) is 0 Å². The van der Waals surface area contributed by atoms with Crippen molar-refractivity contribution < 1.29 is 9.59 Å². The number of rotatable bonds is 3. The van der Waals surface area contributed by atoms with Crippen molar-refractivity contribution in [3.05, 3.63) is 33.8 Å². The van der Waals surface area contributed by atoms with Crippen LogP contribution in [0.3, 0.4) is 0 Å². The quantitative estimate of drug-likeness (QED) is 0.627. The molecular formula is C10H8BrClO2. The lowest BCUT2D eigenvalue weighted by molar-refractivity contribution is -0.116. The Kier molecular flexibility index (Phi) is 3.84. The Morgan fingerprint density at radius 1 is 1.57 bits per heavy atom. The normalized spacial score (nSPS) is 12.2. The number of halogens is 2. The highest BCUT2D eigenvalue weighted by atomic mass is 79.9. The molecular weight excluding hydrogens is 267 g/mol. The number of Topliss-reactive ketones (excluding diaryl/α,β-unsaturated/α-hetero) is 1. The van der Waals surface area contributed by atoms with Crippen LogP contribution < -0.4 is 0 Å². The number of carbonyl (C=O) groups is 2. The highest BCUT2D eigenvalue weighted by molar-refractivity contribution is 9.10. The van der Waals surface area contributed by atoms with E-state index in [1.54, 1.807) is 18.2 Å². The molecule has 0 aliphatic carbocycles. The minimum Gasteiger partial charge on any atom is -0.298 e. The van der Waals surface area contributed by atoms with Crippen LogP contribution in [-0.4, -0.2) is 12.1 Å². The molecule has 0 aromatic heterocycles. The third-order valence-electron chi connectivity index (χ3n) is 1.81. The SMILES string of the molecule is CC(=O)C(Cl)c1ccc(Br)cc1C=O. The van der Waals surface area contributed by atoms with Gasteiger partial charge in [0.05, 0.1) is 0 Å². The van der Waals surface area contributed by atoms with Crippen LogP contribution in [-0.2, 0) is 4.79 Å². The summed E-state index contributed by atoms with van der Waals surface area (Å²) in [5.74, 6) is -0.169. The van der Waals surface area contributed by atoms with E-state index >= 15 is 0 Å². The van der Waals surface area contributed by atoms with Crippen LogP contribution in [0.5, 0.6) is 0 Å². The van der Waals surface area contributed by atoms with E-state index in [-0.39, 0.29) is 5.78 Å². The smallest absolute Gasteiger partial charge is 0.152 e. The Hall–Kier alpha value is -0.670. The first-order valence-corrected chi connectivity index (χ1v) is 5.18. The summed E-state index contributed by atoms with van der Waals surface area (Å²) in [6.07, 6.45) is 0.693. The minimum atomic E-state index is -0.747. The fraction of sp³-hybridized carbons (Fsp3) is 0.200. The molecule has 14 heavy (non-hydrogen) atoms. The summed E-state index contributed by atoms with van der Waals surface area (Å²) in [4.78, 5) is 21.8. The van der Waals surface area contributed by atoms with Crippen LogP contribution in [0.4, 0.5) is 0 Å². The van der Waals surface area contributed by atoms with Gasteiger partial charge >= 0.3 is 0 Å². The van der Waals surface area contributed by atoms with Gasteiger partial charge in [-0.25, -0.2) is 0 Å². The van der Waals surface area contributed by atoms with Crippen LogP contribution in [0.15, 0.2) is 22.7 Å². The molecule has 2 nitrogen and oxygen atoms in total. The topological polar surface area (TPSA) is 34.1 Å². The first-order chi connectivity index (χ1) is 6.56. The van der Waals surface area contributed by atoms with E-state index in [0.717, 1.165) is 4.47 Å². The lowest BCUT2D eigenvalue weighted by atomic mass is 10.0. The number of carbonyl (C=O) groups excluding carboxylic acids is 2. The molecule has 0 fully saturated rings. The second kappa shape index (κ2) is 4.71. The maximum atomic E-state index is 11.0. The summed E-state index contributed by atoms with van der Waals surface area (Å²) in [5, 5.41) is -0.747. The van der Waals surface area contributed by atoms with Gasteiger partial charge in [0.15, 0.2) is 5.78 Å². The third kappa shape index (κ3) is 2.42. The summed E-state index contributed by atoms with van der Waals surface area (Å²) in [6.45, 7) is 1.40. The Balaban J connectivity index is 3.20. The summed E-state index contributed by atoms with van der Waals surface area (Å²) in [5.41, 5.74) is 0.993. The van der Waals surface area contributed by atoms with Crippen molar-refractivity contribution in [3.8, 4) is 0 Å².